The lowest BCUT2D eigenvalue weighted by molar-refractivity contribution is -0.308. The van der Waals surface area contributed by atoms with Gasteiger partial charge in [-0.15, -0.1) is 0 Å². The zero-order valence-corrected chi connectivity index (χ0v) is 24.3. The summed E-state index contributed by atoms with van der Waals surface area (Å²) in [7, 11) is 0. The Kier molecular flexibility index (Phi) is 11.8. The van der Waals surface area contributed by atoms with Crippen LogP contribution in [0.4, 0.5) is 44.3 Å². The summed E-state index contributed by atoms with van der Waals surface area (Å²) in [5, 5.41) is 10.6. The molecule has 1 aromatic carbocycles. The lowest BCUT2D eigenvalue weighted by Crippen LogP contribution is -2.52. The van der Waals surface area contributed by atoms with Crippen molar-refractivity contribution in [2.45, 2.75) is 84.0 Å². The third-order valence-corrected chi connectivity index (χ3v) is 6.27. The number of ether oxygens (including phenoxy) is 4. The van der Waals surface area contributed by atoms with Crippen LogP contribution in [0.3, 0.4) is 0 Å². The van der Waals surface area contributed by atoms with E-state index in [1.54, 1.807) is 18.7 Å². The number of halogens is 9. The summed E-state index contributed by atoms with van der Waals surface area (Å²) in [4.78, 5) is 26.0. The summed E-state index contributed by atoms with van der Waals surface area (Å²) >= 11 is 0. The zero-order valence-electron chi connectivity index (χ0n) is 24.3. The summed E-state index contributed by atoms with van der Waals surface area (Å²) in [6, 6.07) is 2.57. The summed E-state index contributed by atoms with van der Waals surface area (Å²) in [6.45, 7) is 6.07. The molecule has 1 saturated heterocycles. The van der Waals surface area contributed by atoms with E-state index in [0.717, 1.165) is 12.1 Å². The van der Waals surface area contributed by atoms with E-state index in [4.69, 9.17) is 14.2 Å². The third-order valence-electron chi connectivity index (χ3n) is 6.27. The molecule has 2 rings (SSSR count). The highest BCUT2D eigenvalue weighted by Gasteiger charge is 2.60. The standard InChI is InChI=1S/C26H33F9N2O7/c1-14(2)19(38)41-15(3)42-21(39)23(4,5)44-18-12-17(24(27,28)29)7-6-16(18)13-36-8-10-37(11-9-36)22(40)43-20(25(30,31)32)26(33,34)35/h6-7,12,14-15,20-21,39H,8-11,13H2,1-5H3. The maximum atomic E-state index is 13.5. The second-order valence-electron chi connectivity index (χ2n) is 10.8. The summed E-state index contributed by atoms with van der Waals surface area (Å²) in [5.74, 6) is -1.45. The Labute approximate surface area is 246 Å². The van der Waals surface area contributed by atoms with Gasteiger partial charge >= 0.3 is 30.6 Å². The SMILES string of the molecule is CC(OC(=O)C(C)C)OC(O)C(C)(C)Oc1cc(C(F)(F)F)ccc1CN1CCN(C(=O)OC(C(F)(F)F)C(F)(F)F)CC1. The van der Waals surface area contributed by atoms with E-state index in [0.29, 0.717) is 11.0 Å². The Morgan fingerprint density at radius 1 is 0.886 bits per heavy atom. The third kappa shape index (κ3) is 10.6. The molecule has 44 heavy (non-hydrogen) atoms. The van der Waals surface area contributed by atoms with Gasteiger partial charge in [-0.05, 0) is 32.9 Å². The summed E-state index contributed by atoms with van der Waals surface area (Å²) in [6.07, 6.45) is -25.7. The molecule has 1 heterocycles. The van der Waals surface area contributed by atoms with Gasteiger partial charge in [0.05, 0.1) is 11.5 Å². The molecule has 2 atom stereocenters. The van der Waals surface area contributed by atoms with Crippen molar-refractivity contribution in [3.63, 3.8) is 0 Å². The molecule has 1 aliphatic heterocycles. The summed E-state index contributed by atoms with van der Waals surface area (Å²) in [5.41, 5.74) is -2.62. The fraction of sp³-hybridized carbons (Fsp3) is 0.692. The Morgan fingerprint density at radius 3 is 1.91 bits per heavy atom. The molecule has 9 nitrogen and oxygen atoms in total. The number of alkyl halides is 9. The lowest BCUT2D eigenvalue weighted by Gasteiger charge is -2.36. The first-order valence-electron chi connectivity index (χ1n) is 13.2. The molecule has 1 fully saturated rings. The highest BCUT2D eigenvalue weighted by atomic mass is 19.4. The van der Waals surface area contributed by atoms with E-state index in [1.807, 2.05) is 0 Å². The number of hydrogen-bond acceptors (Lipinski definition) is 8. The molecular formula is C26H33F9N2O7. The van der Waals surface area contributed by atoms with Crippen molar-refractivity contribution in [3.8, 4) is 5.75 Å². The molecule has 1 aromatic rings. The van der Waals surface area contributed by atoms with Crippen LogP contribution >= 0.6 is 0 Å². The number of rotatable bonds is 10. The van der Waals surface area contributed by atoms with Gasteiger partial charge in [-0.1, -0.05) is 19.9 Å². The predicted molar refractivity (Wildman–Crippen MR) is 133 cm³/mol. The fourth-order valence-corrected chi connectivity index (χ4v) is 3.79. The van der Waals surface area contributed by atoms with Gasteiger partial charge in [0.15, 0.2) is 11.9 Å². The first kappa shape index (κ1) is 37.2. The predicted octanol–water partition coefficient (Wildman–Crippen LogP) is 5.49. The molecule has 1 amide bonds. The van der Waals surface area contributed by atoms with Gasteiger partial charge in [-0.3, -0.25) is 9.69 Å². The van der Waals surface area contributed by atoms with Gasteiger partial charge in [0.25, 0.3) is 6.10 Å². The molecule has 0 spiro atoms. The Balaban J connectivity index is 2.16. The minimum atomic E-state index is -5.88. The Hall–Kier alpha value is -2.99. The van der Waals surface area contributed by atoms with Gasteiger partial charge in [-0.25, -0.2) is 4.79 Å². The monoisotopic (exact) mass is 656 g/mol. The van der Waals surface area contributed by atoms with Crippen LogP contribution in [0, 0.1) is 5.92 Å². The van der Waals surface area contributed by atoms with Gasteiger partial charge in [0.1, 0.15) is 5.75 Å². The van der Waals surface area contributed by atoms with Crippen molar-refractivity contribution in [2.24, 2.45) is 5.92 Å². The van der Waals surface area contributed by atoms with E-state index in [1.165, 1.54) is 20.8 Å². The number of amides is 1. The van der Waals surface area contributed by atoms with Crippen molar-refractivity contribution in [2.75, 3.05) is 26.2 Å². The molecule has 1 N–H and O–H groups in total. The molecule has 0 radical (unpaired) electrons. The number of piperazine rings is 1. The van der Waals surface area contributed by atoms with Crippen molar-refractivity contribution in [1.29, 1.82) is 0 Å². The Morgan fingerprint density at radius 2 is 1.43 bits per heavy atom. The van der Waals surface area contributed by atoms with E-state index >= 15 is 0 Å². The maximum Gasteiger partial charge on any atom is 0.434 e. The molecule has 0 aliphatic carbocycles. The molecule has 0 saturated carbocycles. The number of carbonyl (C=O) groups is 2. The topological polar surface area (TPSA) is 97.8 Å². The van der Waals surface area contributed by atoms with Gasteiger partial charge in [-0.2, -0.15) is 39.5 Å². The van der Waals surface area contributed by atoms with Crippen LogP contribution < -0.4 is 4.74 Å². The maximum absolute atomic E-state index is 13.5. The van der Waals surface area contributed by atoms with Crippen LogP contribution in [0.5, 0.6) is 5.75 Å². The van der Waals surface area contributed by atoms with Crippen molar-refractivity contribution < 1.29 is 73.2 Å². The van der Waals surface area contributed by atoms with Crippen LogP contribution in [0.25, 0.3) is 0 Å². The van der Waals surface area contributed by atoms with Crippen molar-refractivity contribution >= 4 is 12.1 Å². The van der Waals surface area contributed by atoms with Crippen LogP contribution in [0.1, 0.15) is 45.7 Å². The second kappa shape index (κ2) is 14.0. The van der Waals surface area contributed by atoms with Crippen LogP contribution in [-0.2, 0) is 31.7 Å². The molecular weight excluding hydrogens is 623 g/mol. The van der Waals surface area contributed by atoms with Gasteiger partial charge in [0, 0.05) is 38.3 Å². The van der Waals surface area contributed by atoms with Crippen molar-refractivity contribution in [1.82, 2.24) is 9.80 Å². The van der Waals surface area contributed by atoms with E-state index in [2.05, 4.69) is 4.74 Å². The first-order chi connectivity index (χ1) is 19.9. The van der Waals surface area contributed by atoms with Gasteiger partial charge < -0.3 is 29.0 Å². The fourth-order valence-electron chi connectivity index (χ4n) is 3.79. The van der Waals surface area contributed by atoms with E-state index < -0.39 is 66.4 Å². The number of esters is 1. The molecule has 1 aliphatic rings. The molecule has 18 heteroatoms. The highest BCUT2D eigenvalue weighted by molar-refractivity contribution is 5.71. The lowest BCUT2D eigenvalue weighted by atomic mass is 10.1. The average molecular weight is 657 g/mol. The average Bonchev–Trinajstić information content (AvgIpc) is 2.86. The molecule has 0 aromatic heterocycles. The number of hydrogen-bond donors (Lipinski definition) is 1. The van der Waals surface area contributed by atoms with Gasteiger partial charge in [0.2, 0.25) is 6.29 Å². The van der Waals surface area contributed by atoms with Crippen molar-refractivity contribution in [3.05, 3.63) is 29.3 Å². The molecule has 252 valence electrons. The first-order valence-corrected chi connectivity index (χ1v) is 13.2. The van der Waals surface area contributed by atoms with E-state index in [-0.39, 0.29) is 44.0 Å². The molecule has 0 bridgehead atoms. The normalized spacial score (nSPS) is 17.1. The minimum Gasteiger partial charge on any atom is -0.482 e. The number of nitrogens with zero attached hydrogens (tertiary/aromatic N) is 2. The van der Waals surface area contributed by atoms with Crippen LogP contribution in [0.2, 0.25) is 0 Å². The smallest absolute Gasteiger partial charge is 0.434 e. The van der Waals surface area contributed by atoms with Crippen LogP contribution in [0.15, 0.2) is 18.2 Å². The number of carbonyl (C=O) groups excluding carboxylic acids is 2. The number of aliphatic hydroxyl groups excluding tert-OH is 1. The molecule has 2 unspecified atom stereocenters. The Bertz CT molecular complexity index is 1120. The highest BCUT2D eigenvalue weighted by Crippen LogP contribution is 2.37. The largest absolute Gasteiger partial charge is 0.482 e. The quantitative estimate of drug-likeness (QED) is 0.201. The minimum absolute atomic E-state index is 0.0911. The van der Waals surface area contributed by atoms with E-state index in [9.17, 15) is 54.2 Å². The zero-order chi connectivity index (χ0) is 33.8. The van der Waals surface area contributed by atoms with Crippen LogP contribution in [-0.4, -0.2) is 89.8 Å². The second-order valence-corrected chi connectivity index (χ2v) is 10.8. The number of benzene rings is 1. The number of aliphatic hydroxyl groups is 1. The summed E-state index contributed by atoms with van der Waals surface area (Å²) < 4.78 is 137.